The molecular weight excluding hydrogens is 544 g/mol. The van der Waals surface area contributed by atoms with Crippen molar-refractivity contribution in [1.82, 2.24) is 19.8 Å². The van der Waals surface area contributed by atoms with Gasteiger partial charge in [0, 0.05) is 62.8 Å². The first-order chi connectivity index (χ1) is 19.6. The fraction of sp³-hybridized carbons (Fsp3) is 0.533. The summed E-state index contributed by atoms with van der Waals surface area (Å²) in [7, 11) is 0. The van der Waals surface area contributed by atoms with Crippen LogP contribution in [0.3, 0.4) is 0 Å². The first-order valence-corrected chi connectivity index (χ1v) is 13.8. The van der Waals surface area contributed by atoms with Gasteiger partial charge in [-0.25, -0.2) is 9.59 Å². The molecular formula is C30H40N4O8. The third-order valence-electron chi connectivity index (χ3n) is 6.80. The Hall–Kier alpha value is -4.22. The Kier molecular flexibility index (Phi) is 10.1. The number of likely N-dealkylation sites (tertiary alicyclic amines) is 2. The van der Waals surface area contributed by atoms with E-state index in [0.717, 1.165) is 11.1 Å². The van der Waals surface area contributed by atoms with Gasteiger partial charge in [0.05, 0.1) is 11.8 Å². The predicted molar refractivity (Wildman–Crippen MR) is 152 cm³/mol. The highest BCUT2D eigenvalue weighted by atomic mass is 16.6. The normalized spacial score (nSPS) is 22.1. The maximum absolute atomic E-state index is 12.1. The highest BCUT2D eigenvalue weighted by Gasteiger charge is 2.43. The lowest BCUT2D eigenvalue weighted by Gasteiger charge is -2.24. The summed E-state index contributed by atoms with van der Waals surface area (Å²) in [6, 6.07) is 7.22. The van der Waals surface area contributed by atoms with Crippen molar-refractivity contribution in [3.63, 3.8) is 0 Å². The minimum atomic E-state index is -0.907. The lowest BCUT2D eigenvalue weighted by Crippen LogP contribution is -2.35. The van der Waals surface area contributed by atoms with E-state index in [4.69, 9.17) is 9.47 Å². The Labute approximate surface area is 245 Å². The molecule has 4 rings (SSSR count). The van der Waals surface area contributed by atoms with Crippen molar-refractivity contribution >= 4 is 24.1 Å². The molecule has 2 N–H and O–H groups in total. The topological polar surface area (TPSA) is 159 Å². The van der Waals surface area contributed by atoms with Crippen molar-refractivity contribution in [3.05, 3.63) is 60.2 Å². The molecule has 2 fully saturated rings. The molecule has 4 atom stereocenters. The molecule has 12 nitrogen and oxygen atoms in total. The van der Waals surface area contributed by atoms with Gasteiger partial charge in [0.15, 0.2) is 0 Å². The van der Waals surface area contributed by atoms with E-state index in [2.05, 4.69) is 9.97 Å². The number of carboxylic acid groups (broad SMARTS) is 2. The number of ether oxygens (including phenoxy) is 2. The molecule has 2 saturated heterocycles. The van der Waals surface area contributed by atoms with Crippen LogP contribution >= 0.6 is 0 Å². The van der Waals surface area contributed by atoms with Gasteiger partial charge < -0.3 is 29.5 Å². The monoisotopic (exact) mass is 584 g/mol. The third-order valence-corrected chi connectivity index (χ3v) is 6.80. The number of nitrogens with zero attached hydrogens (tertiary/aromatic N) is 4. The molecule has 0 spiro atoms. The molecule has 0 aliphatic carbocycles. The van der Waals surface area contributed by atoms with E-state index in [1.54, 1.807) is 78.5 Å². The second kappa shape index (κ2) is 13.2. The van der Waals surface area contributed by atoms with Crippen LogP contribution in [-0.4, -0.2) is 91.5 Å². The zero-order chi connectivity index (χ0) is 31.2. The molecule has 4 heterocycles. The summed E-state index contributed by atoms with van der Waals surface area (Å²) in [5.74, 6) is -3.61. The highest BCUT2D eigenvalue weighted by molar-refractivity contribution is 5.76. The second-order valence-electron chi connectivity index (χ2n) is 12.4. The molecule has 2 aromatic rings. The maximum atomic E-state index is 12.1. The summed E-state index contributed by atoms with van der Waals surface area (Å²) in [4.78, 5) is 58.1. The maximum Gasteiger partial charge on any atom is 0.410 e. The van der Waals surface area contributed by atoms with Gasteiger partial charge in [0.1, 0.15) is 11.2 Å². The van der Waals surface area contributed by atoms with Gasteiger partial charge in [-0.2, -0.15) is 0 Å². The number of carboxylic acids is 2. The van der Waals surface area contributed by atoms with Gasteiger partial charge in [0.2, 0.25) is 0 Å². The SMILES string of the molecule is CC(C)(C)OC(=O)N1C[C@@H](C(=O)O)[C@H](c2cccnc2)C1.CC(C)(C)OC(=O)N1C[C@H](C(=O)O)[C@@H](c2cccnc2)C1. The Morgan fingerprint density at radius 2 is 1.05 bits per heavy atom. The molecule has 0 saturated carbocycles. The summed E-state index contributed by atoms with van der Waals surface area (Å²) in [6.45, 7) is 11.7. The molecule has 0 bridgehead atoms. The van der Waals surface area contributed by atoms with Gasteiger partial charge >= 0.3 is 24.1 Å². The van der Waals surface area contributed by atoms with Gasteiger partial charge in [-0.15, -0.1) is 0 Å². The standard InChI is InChI=1S/2C15H20N2O4/c2*1-15(2,3)21-14(20)17-8-11(12(9-17)13(18)19)10-5-4-6-16-7-10/h2*4-7,11-12H,8-9H2,1-3H3,(H,18,19)/t2*11-,12+/m10/s1. The van der Waals surface area contributed by atoms with Crippen LogP contribution in [0.5, 0.6) is 0 Å². The fourth-order valence-corrected chi connectivity index (χ4v) is 4.93. The Balaban J connectivity index is 0.000000230. The molecule has 2 aliphatic rings. The molecule has 42 heavy (non-hydrogen) atoms. The number of rotatable bonds is 4. The van der Waals surface area contributed by atoms with Crippen LogP contribution in [0.2, 0.25) is 0 Å². The van der Waals surface area contributed by atoms with Crippen LogP contribution in [0.25, 0.3) is 0 Å². The number of aromatic nitrogens is 2. The van der Waals surface area contributed by atoms with E-state index >= 15 is 0 Å². The first-order valence-electron chi connectivity index (χ1n) is 13.8. The van der Waals surface area contributed by atoms with Crippen LogP contribution in [0, 0.1) is 11.8 Å². The number of carbonyl (C=O) groups is 4. The smallest absolute Gasteiger partial charge is 0.410 e. The van der Waals surface area contributed by atoms with Crippen LogP contribution in [0.15, 0.2) is 49.1 Å². The number of aliphatic carboxylic acids is 2. The number of hydrogen-bond acceptors (Lipinski definition) is 8. The molecule has 0 unspecified atom stereocenters. The predicted octanol–water partition coefficient (Wildman–Crippen LogP) is 4.23. The van der Waals surface area contributed by atoms with Crippen molar-refractivity contribution in [2.45, 2.75) is 64.6 Å². The summed E-state index contributed by atoms with van der Waals surface area (Å²) in [5.41, 5.74) is 0.469. The molecule has 228 valence electrons. The van der Waals surface area contributed by atoms with Crippen molar-refractivity contribution in [2.75, 3.05) is 26.2 Å². The van der Waals surface area contributed by atoms with Crippen LogP contribution in [0.4, 0.5) is 9.59 Å². The average Bonchev–Trinajstić information content (AvgIpc) is 3.54. The fourth-order valence-electron chi connectivity index (χ4n) is 4.93. The van der Waals surface area contributed by atoms with E-state index in [-0.39, 0.29) is 24.9 Å². The molecule has 2 aliphatic heterocycles. The van der Waals surface area contributed by atoms with E-state index in [1.165, 1.54) is 9.80 Å². The van der Waals surface area contributed by atoms with Crippen molar-refractivity contribution in [3.8, 4) is 0 Å². The first kappa shape index (κ1) is 32.3. The number of pyridine rings is 2. The van der Waals surface area contributed by atoms with E-state index in [9.17, 15) is 29.4 Å². The van der Waals surface area contributed by atoms with Crippen LogP contribution in [-0.2, 0) is 19.1 Å². The molecule has 0 aromatic carbocycles. The minimum absolute atomic E-state index is 0.157. The zero-order valence-corrected chi connectivity index (χ0v) is 24.9. The van der Waals surface area contributed by atoms with Gasteiger partial charge in [-0.1, -0.05) is 12.1 Å². The Bertz CT molecular complexity index is 1150. The zero-order valence-electron chi connectivity index (χ0n) is 24.9. The van der Waals surface area contributed by atoms with E-state index in [0.29, 0.717) is 13.1 Å². The minimum Gasteiger partial charge on any atom is -0.481 e. The summed E-state index contributed by atoms with van der Waals surface area (Å²) in [6.07, 6.45) is 5.64. The molecule has 2 amide bonds. The van der Waals surface area contributed by atoms with Crippen molar-refractivity contribution in [1.29, 1.82) is 0 Å². The average molecular weight is 585 g/mol. The summed E-state index contributed by atoms with van der Waals surface area (Å²) < 4.78 is 10.6. The van der Waals surface area contributed by atoms with Gasteiger partial charge in [-0.3, -0.25) is 19.6 Å². The number of hydrogen-bond donors (Lipinski definition) is 2. The highest BCUT2D eigenvalue weighted by Crippen LogP contribution is 2.34. The third kappa shape index (κ3) is 8.89. The lowest BCUT2D eigenvalue weighted by molar-refractivity contribution is -0.142. The summed E-state index contributed by atoms with van der Waals surface area (Å²) in [5, 5.41) is 18.8. The van der Waals surface area contributed by atoms with E-state index in [1.807, 2.05) is 12.1 Å². The summed E-state index contributed by atoms with van der Waals surface area (Å²) >= 11 is 0. The Morgan fingerprint density at radius 1 is 0.690 bits per heavy atom. The van der Waals surface area contributed by atoms with Crippen molar-refractivity contribution in [2.24, 2.45) is 11.8 Å². The van der Waals surface area contributed by atoms with Crippen LogP contribution in [0.1, 0.15) is 64.5 Å². The van der Waals surface area contributed by atoms with E-state index < -0.39 is 47.2 Å². The Morgan fingerprint density at radius 3 is 1.31 bits per heavy atom. The van der Waals surface area contributed by atoms with Crippen LogP contribution < -0.4 is 0 Å². The van der Waals surface area contributed by atoms with Gasteiger partial charge in [0.25, 0.3) is 0 Å². The lowest BCUT2D eigenvalue weighted by atomic mass is 9.90. The largest absolute Gasteiger partial charge is 0.481 e. The second-order valence-corrected chi connectivity index (χ2v) is 12.4. The molecule has 2 aromatic heterocycles. The van der Waals surface area contributed by atoms with Crippen molar-refractivity contribution < 1.29 is 38.9 Å². The molecule has 12 heteroatoms. The van der Waals surface area contributed by atoms with Gasteiger partial charge in [-0.05, 0) is 64.8 Å². The molecule has 0 radical (unpaired) electrons. The number of amides is 2. The quantitative estimate of drug-likeness (QED) is 0.532. The number of carbonyl (C=O) groups excluding carboxylic acids is 2.